The molecule has 2 aromatic heterocycles. The van der Waals surface area contributed by atoms with Crippen molar-refractivity contribution in [3.63, 3.8) is 0 Å². The van der Waals surface area contributed by atoms with E-state index in [0.717, 1.165) is 63.7 Å². The minimum Gasteiger partial charge on any atom is -0.494 e. The summed E-state index contributed by atoms with van der Waals surface area (Å²) in [4.78, 5) is 11.1. The Hall–Kier alpha value is -3.03. The topological polar surface area (TPSA) is 59.1 Å². The van der Waals surface area contributed by atoms with Crippen LogP contribution >= 0.6 is 23.3 Å². The predicted molar refractivity (Wildman–Crippen MR) is 167 cm³/mol. The monoisotopic (exact) mass is 558 g/mol. The summed E-state index contributed by atoms with van der Waals surface area (Å²) in [5.74, 6) is 1.82. The number of pyridine rings is 1. The molecule has 0 spiro atoms. The number of rotatable bonds is 4. The molecular weight excluding hydrogens is 521 g/mol. The predicted octanol–water partition coefficient (Wildman–Crippen LogP) is 9.33. The summed E-state index contributed by atoms with van der Waals surface area (Å²) in [6.07, 6.45) is 6.79. The fourth-order valence-corrected chi connectivity index (χ4v) is 6.24. The molecule has 204 valence electrons. The molecule has 1 aliphatic rings. The van der Waals surface area contributed by atoms with E-state index in [-0.39, 0.29) is 5.41 Å². The Morgan fingerprint density at radius 2 is 1.74 bits per heavy atom. The van der Waals surface area contributed by atoms with E-state index in [1.54, 1.807) is 11.3 Å². The zero-order valence-electron chi connectivity index (χ0n) is 23.1. The van der Waals surface area contributed by atoms with Gasteiger partial charge in [0, 0.05) is 24.1 Å². The molecule has 0 aliphatic carbocycles. The van der Waals surface area contributed by atoms with Crippen molar-refractivity contribution in [1.29, 1.82) is 0 Å². The third kappa shape index (κ3) is 7.76. The SMILES string of the molecule is CC(C)(C)CCOc1cccc(-c2sc3nc2-c2ccccc2CCCCCCNc2cccc(n2)SN3)c1. The van der Waals surface area contributed by atoms with Crippen LogP contribution in [-0.2, 0) is 6.42 Å². The van der Waals surface area contributed by atoms with Crippen LogP contribution in [-0.4, -0.2) is 23.1 Å². The van der Waals surface area contributed by atoms with E-state index >= 15 is 0 Å². The molecule has 3 heterocycles. The fourth-order valence-electron chi connectivity index (χ4n) is 4.59. The van der Waals surface area contributed by atoms with Crippen molar-refractivity contribution in [2.45, 2.75) is 64.3 Å². The first-order valence-corrected chi connectivity index (χ1v) is 15.5. The molecule has 0 fully saturated rings. The Morgan fingerprint density at radius 3 is 2.64 bits per heavy atom. The van der Waals surface area contributed by atoms with Gasteiger partial charge in [0.15, 0.2) is 5.13 Å². The zero-order valence-corrected chi connectivity index (χ0v) is 24.8. The van der Waals surface area contributed by atoms with Crippen LogP contribution < -0.4 is 14.8 Å². The van der Waals surface area contributed by atoms with Crippen LogP contribution in [0.2, 0.25) is 0 Å². The standard InChI is InChI=1S/C32H38N4OS2/c1-32(2,3)19-21-37-25-15-10-14-24(22-25)30-29-26-16-8-7-13-23(26)12-6-4-5-9-20-33-27-17-11-18-28(34-27)39-36-31(35-29)38-30/h7-8,10-11,13-18,22H,4-6,9,12,19-21H2,1-3H3,(H,33,34)(H,35,36). The minimum atomic E-state index is 0.244. The number of ether oxygens (including phenoxy) is 1. The first-order chi connectivity index (χ1) is 18.9. The van der Waals surface area contributed by atoms with Gasteiger partial charge in [0.05, 0.1) is 17.2 Å². The molecular formula is C32H38N4OS2. The average Bonchev–Trinajstić information content (AvgIpc) is 3.35. The Bertz CT molecular complexity index is 1380. The number of aryl methyl sites for hydroxylation is 1. The van der Waals surface area contributed by atoms with Crippen molar-refractivity contribution < 1.29 is 4.74 Å². The third-order valence-electron chi connectivity index (χ3n) is 6.76. The summed E-state index contributed by atoms with van der Waals surface area (Å²) in [5.41, 5.74) is 4.97. The van der Waals surface area contributed by atoms with Crippen LogP contribution in [0.25, 0.3) is 21.7 Å². The number of benzene rings is 2. The molecule has 39 heavy (non-hydrogen) atoms. The number of hydrogen-bond acceptors (Lipinski definition) is 7. The number of hydrogen-bond donors (Lipinski definition) is 2. The lowest BCUT2D eigenvalue weighted by Gasteiger charge is -2.18. The highest BCUT2D eigenvalue weighted by atomic mass is 32.2. The Morgan fingerprint density at radius 1 is 0.897 bits per heavy atom. The van der Waals surface area contributed by atoms with E-state index in [9.17, 15) is 0 Å². The molecule has 0 atom stereocenters. The second-order valence-corrected chi connectivity index (χ2v) is 13.0. The minimum absolute atomic E-state index is 0.244. The number of nitrogens with zero attached hydrogens (tertiary/aromatic N) is 2. The quantitative estimate of drug-likeness (QED) is 0.243. The van der Waals surface area contributed by atoms with Crippen molar-refractivity contribution in [3.8, 4) is 27.4 Å². The van der Waals surface area contributed by atoms with Gasteiger partial charge in [-0.15, -0.1) is 0 Å². The summed E-state index contributed by atoms with van der Waals surface area (Å²) in [7, 11) is 0. The van der Waals surface area contributed by atoms with Crippen LogP contribution in [0.15, 0.2) is 71.8 Å². The van der Waals surface area contributed by atoms with Gasteiger partial charge >= 0.3 is 0 Å². The smallest absolute Gasteiger partial charge is 0.194 e. The van der Waals surface area contributed by atoms with Crippen LogP contribution in [0.3, 0.4) is 0 Å². The fraction of sp³-hybridized carbons (Fsp3) is 0.375. The number of aromatic nitrogens is 2. The maximum absolute atomic E-state index is 6.17. The van der Waals surface area contributed by atoms with Crippen LogP contribution in [0.4, 0.5) is 10.9 Å². The van der Waals surface area contributed by atoms with Gasteiger partial charge in [-0.05, 0) is 66.5 Å². The van der Waals surface area contributed by atoms with Gasteiger partial charge in [-0.1, -0.05) is 87.4 Å². The van der Waals surface area contributed by atoms with Gasteiger partial charge in [0.25, 0.3) is 0 Å². The van der Waals surface area contributed by atoms with E-state index in [0.29, 0.717) is 6.61 Å². The molecule has 5 rings (SSSR count). The lowest BCUT2D eigenvalue weighted by Crippen LogP contribution is -2.11. The average molecular weight is 559 g/mol. The molecule has 4 aromatic rings. The van der Waals surface area contributed by atoms with Crippen LogP contribution in [0.1, 0.15) is 58.4 Å². The number of nitrogens with one attached hydrogen (secondary N) is 2. The molecule has 4 bridgehead atoms. The summed E-state index contributed by atoms with van der Waals surface area (Å²) in [5, 5.41) is 5.25. The van der Waals surface area contributed by atoms with Gasteiger partial charge in [-0.3, -0.25) is 0 Å². The van der Waals surface area contributed by atoms with Gasteiger partial charge in [-0.2, -0.15) is 0 Å². The summed E-state index contributed by atoms with van der Waals surface area (Å²) in [6, 6.07) is 23.3. The maximum Gasteiger partial charge on any atom is 0.194 e. The highest BCUT2D eigenvalue weighted by Crippen LogP contribution is 2.42. The second-order valence-electron chi connectivity index (χ2n) is 11.2. The van der Waals surface area contributed by atoms with E-state index in [1.807, 2.05) is 24.3 Å². The van der Waals surface area contributed by atoms with Crippen LogP contribution in [0, 0.1) is 5.41 Å². The summed E-state index contributed by atoms with van der Waals surface area (Å²) >= 11 is 3.18. The Labute approximate surface area is 241 Å². The van der Waals surface area contributed by atoms with Crippen molar-refractivity contribution in [2.75, 3.05) is 23.2 Å². The molecule has 7 heteroatoms. The van der Waals surface area contributed by atoms with E-state index < -0.39 is 0 Å². The maximum atomic E-state index is 6.17. The normalized spacial score (nSPS) is 14.4. The third-order valence-corrected chi connectivity index (χ3v) is 8.64. The first-order valence-electron chi connectivity index (χ1n) is 13.9. The van der Waals surface area contributed by atoms with E-state index in [1.165, 1.54) is 42.3 Å². The molecule has 0 saturated heterocycles. The Balaban J connectivity index is 1.49. The highest BCUT2D eigenvalue weighted by Gasteiger charge is 2.19. The number of anilines is 2. The van der Waals surface area contributed by atoms with Crippen molar-refractivity contribution in [2.24, 2.45) is 5.41 Å². The number of thiazole rings is 1. The van der Waals surface area contributed by atoms with Gasteiger partial charge in [0.2, 0.25) is 0 Å². The molecule has 1 aliphatic heterocycles. The first kappa shape index (κ1) is 27.5. The molecule has 2 N–H and O–H groups in total. The molecule has 0 amide bonds. The molecule has 0 unspecified atom stereocenters. The zero-order chi connectivity index (χ0) is 27.1. The molecule has 2 aromatic carbocycles. The largest absolute Gasteiger partial charge is 0.494 e. The molecule has 5 nitrogen and oxygen atoms in total. The molecule has 0 radical (unpaired) electrons. The van der Waals surface area contributed by atoms with Gasteiger partial charge < -0.3 is 14.8 Å². The number of fused-ring (bicyclic) bond motifs is 6. The summed E-state index contributed by atoms with van der Waals surface area (Å²) < 4.78 is 9.65. The second kappa shape index (κ2) is 12.9. The van der Waals surface area contributed by atoms with Crippen molar-refractivity contribution in [3.05, 3.63) is 72.3 Å². The lowest BCUT2D eigenvalue weighted by molar-refractivity contribution is 0.243. The van der Waals surface area contributed by atoms with E-state index in [2.05, 4.69) is 73.3 Å². The molecule has 0 saturated carbocycles. The highest BCUT2D eigenvalue weighted by molar-refractivity contribution is 8.00. The summed E-state index contributed by atoms with van der Waals surface area (Å²) in [6.45, 7) is 8.39. The van der Waals surface area contributed by atoms with E-state index in [4.69, 9.17) is 14.7 Å². The van der Waals surface area contributed by atoms with Crippen molar-refractivity contribution in [1.82, 2.24) is 9.97 Å². The van der Waals surface area contributed by atoms with Gasteiger partial charge in [-0.25, -0.2) is 9.97 Å². The van der Waals surface area contributed by atoms with Gasteiger partial charge in [0.1, 0.15) is 16.6 Å². The van der Waals surface area contributed by atoms with Crippen molar-refractivity contribution >= 4 is 34.2 Å². The van der Waals surface area contributed by atoms with Crippen LogP contribution in [0.5, 0.6) is 5.75 Å². The Kier molecular flexibility index (Phi) is 9.09. The lowest BCUT2D eigenvalue weighted by atomic mass is 9.93.